The van der Waals surface area contributed by atoms with Gasteiger partial charge in [-0.15, -0.1) is 0 Å². The monoisotopic (exact) mass is 240 g/mol. The minimum atomic E-state index is -3.33. The fourth-order valence-corrected chi connectivity index (χ4v) is 2.20. The van der Waals surface area contributed by atoms with Crippen LogP contribution in [0.4, 0.5) is 0 Å². The zero-order valence-electron chi connectivity index (χ0n) is 9.01. The van der Waals surface area contributed by atoms with E-state index in [-0.39, 0.29) is 6.61 Å². The largest absolute Gasteiger partial charge is 0.475 e. The molecule has 0 amide bonds. The lowest BCUT2D eigenvalue weighted by molar-refractivity contribution is -0.154. The second kappa shape index (κ2) is 6.58. The van der Waals surface area contributed by atoms with Crippen LogP contribution in [-0.4, -0.2) is 39.3 Å². The van der Waals surface area contributed by atoms with E-state index in [1.165, 1.54) is 0 Å². The maximum absolute atomic E-state index is 11.5. The molecule has 1 heterocycles. The van der Waals surface area contributed by atoms with Gasteiger partial charge in [-0.05, 0) is 13.8 Å². The summed E-state index contributed by atoms with van der Waals surface area (Å²) in [4.78, 5) is 0. The fourth-order valence-electron chi connectivity index (χ4n) is 1.08. The molecule has 0 aliphatic carbocycles. The highest BCUT2D eigenvalue weighted by Crippen LogP contribution is 2.52. The highest BCUT2D eigenvalue weighted by Gasteiger charge is 2.33. The Morgan fingerprint density at radius 2 is 1.73 bits per heavy atom. The zero-order chi connectivity index (χ0) is 11.1. The Kier molecular flexibility index (Phi) is 5.74. The summed E-state index contributed by atoms with van der Waals surface area (Å²) in [5.41, 5.74) is 0. The van der Waals surface area contributed by atoms with Crippen LogP contribution in [0.15, 0.2) is 0 Å². The second-order valence-corrected chi connectivity index (χ2v) is 4.42. The van der Waals surface area contributed by atoms with Crippen molar-refractivity contribution in [3.8, 4) is 0 Å². The van der Waals surface area contributed by atoms with Crippen molar-refractivity contribution in [1.82, 2.24) is 0 Å². The Morgan fingerprint density at radius 1 is 1.20 bits per heavy atom. The van der Waals surface area contributed by atoms with E-state index in [1.54, 1.807) is 0 Å². The first-order valence-corrected chi connectivity index (χ1v) is 6.43. The summed E-state index contributed by atoms with van der Waals surface area (Å²) in [5.74, 6) is 0. The summed E-state index contributed by atoms with van der Waals surface area (Å²) in [5, 5.41) is 0. The van der Waals surface area contributed by atoms with Crippen LogP contribution in [-0.2, 0) is 27.6 Å². The summed E-state index contributed by atoms with van der Waals surface area (Å²) < 4.78 is 36.7. The number of hydrogen-bond donors (Lipinski definition) is 0. The summed E-state index contributed by atoms with van der Waals surface area (Å²) in [6.45, 7) is 5.32. The molecule has 0 bridgehead atoms. The summed E-state index contributed by atoms with van der Waals surface area (Å²) >= 11 is 0. The lowest BCUT2D eigenvalue weighted by atomic mass is 10.6. The molecule has 0 aromatic heterocycles. The molecule has 15 heavy (non-hydrogen) atoms. The molecular weight excluding hydrogens is 223 g/mol. The van der Waals surface area contributed by atoms with Crippen LogP contribution in [0.1, 0.15) is 13.8 Å². The van der Waals surface area contributed by atoms with Gasteiger partial charge in [-0.1, -0.05) is 0 Å². The number of ether oxygens (including phenoxy) is 2. The van der Waals surface area contributed by atoms with E-state index in [0.717, 1.165) is 0 Å². The van der Waals surface area contributed by atoms with Gasteiger partial charge in [0.25, 0.3) is 0 Å². The third kappa shape index (κ3) is 4.59. The van der Waals surface area contributed by atoms with Gasteiger partial charge in [-0.3, -0.25) is 13.6 Å². The maximum atomic E-state index is 11.5. The predicted octanol–water partition coefficient (Wildman–Crippen LogP) is 1.56. The number of phosphoric ester groups is 1. The van der Waals surface area contributed by atoms with Crippen LogP contribution in [0.25, 0.3) is 0 Å². The van der Waals surface area contributed by atoms with Crippen LogP contribution < -0.4 is 0 Å². The normalized spacial score (nSPS) is 19.9. The van der Waals surface area contributed by atoms with Gasteiger partial charge >= 0.3 is 7.82 Å². The lowest BCUT2D eigenvalue weighted by Gasteiger charge is -2.18. The van der Waals surface area contributed by atoms with Gasteiger partial charge < -0.3 is 9.47 Å². The SMILES string of the molecule is CCOC(COP1(=O)OCCO1)OCC. The van der Waals surface area contributed by atoms with Crippen molar-refractivity contribution < 1.29 is 27.6 Å². The lowest BCUT2D eigenvalue weighted by Crippen LogP contribution is -2.23. The van der Waals surface area contributed by atoms with Gasteiger partial charge in [0, 0.05) is 13.2 Å². The van der Waals surface area contributed by atoms with Crippen molar-refractivity contribution in [2.75, 3.05) is 33.0 Å². The van der Waals surface area contributed by atoms with Crippen LogP contribution in [0.5, 0.6) is 0 Å². The Bertz CT molecular complexity index is 205. The second-order valence-electron chi connectivity index (χ2n) is 2.75. The van der Waals surface area contributed by atoms with Crippen molar-refractivity contribution in [3.05, 3.63) is 0 Å². The molecule has 0 spiro atoms. The van der Waals surface area contributed by atoms with E-state index in [2.05, 4.69) is 0 Å². The van der Waals surface area contributed by atoms with Crippen LogP contribution in [0.2, 0.25) is 0 Å². The smallest absolute Gasteiger partial charge is 0.351 e. The average molecular weight is 240 g/mol. The third-order valence-corrected chi connectivity index (χ3v) is 3.12. The minimum Gasteiger partial charge on any atom is -0.351 e. The Balaban J connectivity index is 2.28. The summed E-state index contributed by atoms with van der Waals surface area (Å²) in [6.07, 6.45) is -0.529. The zero-order valence-corrected chi connectivity index (χ0v) is 9.90. The first kappa shape index (κ1) is 13.1. The fraction of sp³-hybridized carbons (Fsp3) is 1.00. The number of hydrogen-bond acceptors (Lipinski definition) is 6. The molecular formula is C8H17O6P. The van der Waals surface area contributed by atoms with Crippen molar-refractivity contribution in [1.29, 1.82) is 0 Å². The molecule has 0 saturated carbocycles. The average Bonchev–Trinajstić information content (AvgIpc) is 2.63. The van der Waals surface area contributed by atoms with Crippen LogP contribution >= 0.6 is 7.82 Å². The standard InChI is InChI=1S/C8H17O6P/c1-3-10-8(11-4-2)7-14-15(9)12-5-6-13-15/h8H,3-7H2,1-2H3. The van der Waals surface area contributed by atoms with Gasteiger partial charge in [-0.2, -0.15) is 0 Å². The Hall–Kier alpha value is 0.0300. The molecule has 0 aromatic carbocycles. The quantitative estimate of drug-likeness (QED) is 0.497. The van der Waals surface area contributed by atoms with Crippen molar-refractivity contribution in [2.45, 2.75) is 20.1 Å². The molecule has 0 radical (unpaired) electrons. The molecule has 1 fully saturated rings. The number of rotatable bonds is 7. The maximum Gasteiger partial charge on any atom is 0.475 e. The van der Waals surface area contributed by atoms with Gasteiger partial charge in [0.05, 0.1) is 13.2 Å². The Labute approximate surface area is 89.4 Å². The molecule has 7 heteroatoms. The topological polar surface area (TPSA) is 63.2 Å². The van der Waals surface area contributed by atoms with E-state index >= 15 is 0 Å². The Morgan fingerprint density at radius 3 is 2.20 bits per heavy atom. The van der Waals surface area contributed by atoms with Crippen molar-refractivity contribution >= 4 is 7.82 Å². The van der Waals surface area contributed by atoms with Gasteiger partial charge in [-0.25, -0.2) is 4.57 Å². The predicted molar refractivity (Wildman–Crippen MR) is 52.5 cm³/mol. The third-order valence-electron chi connectivity index (χ3n) is 1.66. The van der Waals surface area contributed by atoms with Gasteiger partial charge in [0.2, 0.25) is 0 Å². The van der Waals surface area contributed by atoms with Gasteiger partial charge in [0.15, 0.2) is 6.29 Å². The minimum absolute atomic E-state index is 0.0406. The molecule has 0 unspecified atom stereocenters. The van der Waals surface area contributed by atoms with Crippen molar-refractivity contribution in [2.24, 2.45) is 0 Å². The highest BCUT2D eigenvalue weighted by molar-refractivity contribution is 7.48. The highest BCUT2D eigenvalue weighted by atomic mass is 31.2. The number of phosphoric acid groups is 1. The molecule has 0 atom stereocenters. The molecule has 1 rings (SSSR count). The van der Waals surface area contributed by atoms with E-state index in [4.69, 9.17) is 23.0 Å². The van der Waals surface area contributed by atoms with E-state index in [9.17, 15) is 4.57 Å². The first-order valence-electron chi connectivity index (χ1n) is 4.97. The van der Waals surface area contributed by atoms with E-state index in [0.29, 0.717) is 26.4 Å². The van der Waals surface area contributed by atoms with E-state index in [1.807, 2.05) is 13.8 Å². The van der Waals surface area contributed by atoms with Crippen LogP contribution in [0.3, 0.4) is 0 Å². The van der Waals surface area contributed by atoms with Crippen LogP contribution in [0, 0.1) is 0 Å². The summed E-state index contributed by atoms with van der Waals surface area (Å²) in [7, 11) is -3.33. The van der Waals surface area contributed by atoms with Crippen molar-refractivity contribution in [3.63, 3.8) is 0 Å². The molecule has 90 valence electrons. The molecule has 0 N–H and O–H groups in total. The molecule has 6 nitrogen and oxygen atoms in total. The first-order chi connectivity index (χ1) is 7.20. The molecule has 0 aromatic rings. The molecule has 1 aliphatic heterocycles. The molecule has 1 saturated heterocycles. The molecule has 1 aliphatic rings. The summed E-state index contributed by atoms with van der Waals surface area (Å²) in [6, 6.07) is 0. The van der Waals surface area contributed by atoms with E-state index < -0.39 is 14.1 Å². The van der Waals surface area contributed by atoms with Gasteiger partial charge in [0.1, 0.15) is 6.61 Å².